The number of hydrogen-bond acceptors (Lipinski definition) is 7. The predicted octanol–water partition coefficient (Wildman–Crippen LogP) is 2.67. The van der Waals surface area contributed by atoms with E-state index in [2.05, 4.69) is 19.2 Å². The van der Waals surface area contributed by atoms with Gasteiger partial charge in [-0.2, -0.15) is 0 Å². The van der Waals surface area contributed by atoms with Gasteiger partial charge < -0.3 is 27.2 Å². The van der Waals surface area contributed by atoms with Crippen LogP contribution in [0.25, 0.3) is 0 Å². The molecule has 25 heavy (non-hydrogen) atoms. The highest BCUT2D eigenvalue weighted by atomic mass is 28.4. The van der Waals surface area contributed by atoms with Gasteiger partial charge in [-0.1, -0.05) is 13.8 Å². The Balaban J connectivity index is 4.75. The van der Waals surface area contributed by atoms with E-state index in [9.17, 15) is 0 Å². The van der Waals surface area contributed by atoms with Gasteiger partial charge in [0.2, 0.25) is 0 Å². The van der Waals surface area contributed by atoms with Gasteiger partial charge in [-0.05, 0) is 39.8 Å². The second-order valence-electron chi connectivity index (χ2n) is 6.37. The molecule has 0 aromatic carbocycles. The van der Waals surface area contributed by atoms with E-state index >= 15 is 0 Å². The quantitative estimate of drug-likeness (QED) is 0.357. The van der Waals surface area contributed by atoms with Crippen molar-refractivity contribution in [1.82, 2.24) is 5.32 Å². The maximum Gasteiger partial charge on any atom is 0.364 e. The molecule has 152 valence electrons. The van der Waals surface area contributed by atoms with Crippen LogP contribution in [0, 0.1) is 0 Å². The van der Waals surface area contributed by atoms with Crippen molar-refractivity contribution in [2.24, 2.45) is 0 Å². The van der Waals surface area contributed by atoms with Crippen molar-refractivity contribution >= 4 is 17.1 Å². The number of ether oxygens (including phenoxy) is 2. The zero-order valence-corrected chi connectivity index (χ0v) is 19.7. The minimum absolute atomic E-state index is 0.0724. The molecule has 0 aromatic heterocycles. The molecule has 0 rings (SSSR count). The van der Waals surface area contributed by atoms with Crippen LogP contribution < -0.4 is 5.32 Å². The Labute approximate surface area is 156 Å². The van der Waals surface area contributed by atoms with Crippen LogP contribution in [0.4, 0.5) is 0 Å². The summed E-state index contributed by atoms with van der Waals surface area (Å²) in [5, 5.41) is 3.33. The molecule has 0 amide bonds. The molecule has 0 aliphatic rings. The maximum atomic E-state index is 6.14. The first kappa shape index (κ1) is 25.2. The molecule has 7 nitrogen and oxygen atoms in total. The summed E-state index contributed by atoms with van der Waals surface area (Å²) in [5.74, 6) is 0. The molecule has 0 saturated carbocycles. The first-order valence-electron chi connectivity index (χ1n) is 8.93. The Kier molecular flexibility index (Phi) is 11.9. The van der Waals surface area contributed by atoms with Crippen LogP contribution in [0.1, 0.15) is 40.5 Å². The fourth-order valence-electron chi connectivity index (χ4n) is 2.78. The Bertz CT molecular complexity index is 324. The lowest BCUT2D eigenvalue weighted by Gasteiger charge is -2.36. The molecule has 0 spiro atoms. The SMILES string of the molecule is CCC(OC(C)NC(C)OC(CC)[Si](C)(OC)OC)[Si](C)(OC)OC. The smallest absolute Gasteiger partial charge is 0.364 e. The maximum absolute atomic E-state index is 6.14. The summed E-state index contributed by atoms with van der Waals surface area (Å²) in [7, 11) is 2.00. The normalized spacial score (nSPS) is 18.0. The van der Waals surface area contributed by atoms with E-state index in [1.54, 1.807) is 28.4 Å². The van der Waals surface area contributed by atoms with Crippen LogP contribution in [-0.4, -0.2) is 69.5 Å². The van der Waals surface area contributed by atoms with Crippen LogP contribution in [0.3, 0.4) is 0 Å². The monoisotopic (exact) mass is 397 g/mol. The fraction of sp³-hybridized carbons (Fsp3) is 1.00. The van der Waals surface area contributed by atoms with Gasteiger partial charge in [-0.3, -0.25) is 5.32 Å². The van der Waals surface area contributed by atoms with Gasteiger partial charge in [0, 0.05) is 28.4 Å². The average molecular weight is 398 g/mol. The zero-order chi connectivity index (χ0) is 19.7. The van der Waals surface area contributed by atoms with E-state index in [-0.39, 0.29) is 23.9 Å². The second-order valence-corrected chi connectivity index (χ2v) is 13.4. The van der Waals surface area contributed by atoms with Gasteiger partial charge in [0.25, 0.3) is 0 Å². The third kappa shape index (κ3) is 7.35. The minimum atomic E-state index is -2.36. The van der Waals surface area contributed by atoms with Crippen LogP contribution in [0.15, 0.2) is 0 Å². The summed E-state index contributed by atoms with van der Waals surface area (Å²) in [4.78, 5) is 0. The lowest BCUT2D eigenvalue weighted by atomic mass is 10.5. The Morgan fingerprint density at radius 2 is 0.960 bits per heavy atom. The highest BCUT2D eigenvalue weighted by Crippen LogP contribution is 2.20. The van der Waals surface area contributed by atoms with Crippen molar-refractivity contribution < 1.29 is 27.2 Å². The molecule has 0 bridgehead atoms. The van der Waals surface area contributed by atoms with Crippen LogP contribution in [-0.2, 0) is 27.2 Å². The van der Waals surface area contributed by atoms with Crippen LogP contribution in [0.5, 0.6) is 0 Å². The van der Waals surface area contributed by atoms with E-state index < -0.39 is 17.1 Å². The molecule has 4 atom stereocenters. The van der Waals surface area contributed by atoms with Gasteiger partial charge in [0.15, 0.2) is 0 Å². The van der Waals surface area contributed by atoms with Crippen molar-refractivity contribution in [2.75, 3.05) is 28.4 Å². The summed E-state index contributed by atoms with van der Waals surface area (Å²) < 4.78 is 34.7. The van der Waals surface area contributed by atoms with Gasteiger partial charge in [-0.15, -0.1) is 0 Å². The van der Waals surface area contributed by atoms with Gasteiger partial charge in [0.1, 0.15) is 23.9 Å². The summed E-state index contributed by atoms with van der Waals surface area (Å²) in [5.41, 5.74) is -0.145. The number of nitrogens with one attached hydrogen (secondary N) is 1. The summed E-state index contributed by atoms with van der Waals surface area (Å²) in [6, 6.07) is 0. The number of hydrogen-bond donors (Lipinski definition) is 1. The van der Waals surface area contributed by atoms with Crippen molar-refractivity contribution in [1.29, 1.82) is 0 Å². The van der Waals surface area contributed by atoms with Crippen LogP contribution >= 0.6 is 0 Å². The van der Waals surface area contributed by atoms with E-state index in [0.29, 0.717) is 0 Å². The van der Waals surface area contributed by atoms with E-state index in [1.807, 2.05) is 26.9 Å². The third-order valence-electron chi connectivity index (χ3n) is 4.74. The molecule has 0 fully saturated rings. The van der Waals surface area contributed by atoms with Crippen molar-refractivity contribution in [2.45, 2.75) is 77.5 Å². The molecule has 0 heterocycles. The standard InChI is InChI=1S/C16H39NO6Si2/c1-11-15(24(9,18-5)19-6)22-13(3)17-14(4)23-16(12-2)25(10,20-7)21-8/h13-17H,11-12H2,1-10H3. The van der Waals surface area contributed by atoms with E-state index in [4.69, 9.17) is 27.2 Å². The molecule has 0 aliphatic heterocycles. The van der Waals surface area contributed by atoms with Crippen molar-refractivity contribution in [3.63, 3.8) is 0 Å². The zero-order valence-electron chi connectivity index (χ0n) is 17.7. The lowest BCUT2D eigenvalue weighted by molar-refractivity contribution is -0.0695. The Morgan fingerprint density at radius 1 is 0.680 bits per heavy atom. The minimum Gasteiger partial charge on any atom is -0.396 e. The molecule has 0 aromatic rings. The molecular weight excluding hydrogens is 358 g/mol. The fourth-order valence-corrected chi connectivity index (χ4v) is 6.55. The largest absolute Gasteiger partial charge is 0.396 e. The van der Waals surface area contributed by atoms with Crippen molar-refractivity contribution in [3.8, 4) is 0 Å². The topological polar surface area (TPSA) is 67.4 Å². The third-order valence-corrected chi connectivity index (χ3v) is 11.4. The second kappa shape index (κ2) is 11.8. The first-order chi connectivity index (χ1) is 11.7. The molecule has 9 heteroatoms. The first-order valence-corrected chi connectivity index (χ1v) is 13.7. The van der Waals surface area contributed by atoms with Crippen LogP contribution in [0.2, 0.25) is 13.1 Å². The van der Waals surface area contributed by atoms with E-state index in [1.165, 1.54) is 0 Å². The van der Waals surface area contributed by atoms with Gasteiger partial charge >= 0.3 is 17.1 Å². The summed E-state index contributed by atoms with van der Waals surface area (Å²) >= 11 is 0. The molecule has 0 aliphatic carbocycles. The van der Waals surface area contributed by atoms with Gasteiger partial charge in [-0.25, -0.2) is 0 Å². The molecule has 0 saturated heterocycles. The Hall–Kier alpha value is 0.154. The highest BCUT2D eigenvalue weighted by Gasteiger charge is 2.42. The predicted molar refractivity (Wildman–Crippen MR) is 104 cm³/mol. The number of rotatable bonds is 14. The molecule has 1 N–H and O–H groups in total. The van der Waals surface area contributed by atoms with Gasteiger partial charge in [0.05, 0.1) is 0 Å². The summed E-state index contributed by atoms with van der Waals surface area (Å²) in [6.07, 6.45) is 1.24. The lowest BCUT2D eigenvalue weighted by Crippen LogP contribution is -2.55. The molecule has 0 radical (unpaired) electrons. The Morgan fingerprint density at radius 3 is 1.16 bits per heavy atom. The van der Waals surface area contributed by atoms with Crippen molar-refractivity contribution in [3.05, 3.63) is 0 Å². The average Bonchev–Trinajstić information content (AvgIpc) is 2.62. The highest BCUT2D eigenvalue weighted by molar-refractivity contribution is 6.67. The molecule has 4 unspecified atom stereocenters. The van der Waals surface area contributed by atoms with E-state index in [0.717, 1.165) is 12.8 Å². The molecular formula is C16H39NO6Si2. The summed E-state index contributed by atoms with van der Waals surface area (Å²) in [6.45, 7) is 12.1.